The number of para-hydroxylation sites is 1. The summed E-state index contributed by atoms with van der Waals surface area (Å²) in [5.41, 5.74) is 4.30. The van der Waals surface area contributed by atoms with E-state index in [0.717, 1.165) is 27.7 Å². The van der Waals surface area contributed by atoms with E-state index in [-0.39, 0.29) is 24.1 Å². The highest BCUT2D eigenvalue weighted by Crippen LogP contribution is 2.42. The largest absolute Gasteiger partial charge is 0.464 e. The van der Waals surface area contributed by atoms with Gasteiger partial charge in [0, 0.05) is 23.0 Å². The molecule has 1 saturated heterocycles. The zero-order valence-corrected chi connectivity index (χ0v) is 16.2. The van der Waals surface area contributed by atoms with Crippen LogP contribution in [0.2, 0.25) is 0 Å². The number of ether oxygens (including phenoxy) is 1. The van der Waals surface area contributed by atoms with E-state index in [9.17, 15) is 9.59 Å². The molecular formula is C23H23N3O3. The van der Waals surface area contributed by atoms with Crippen LogP contribution in [-0.2, 0) is 22.4 Å². The van der Waals surface area contributed by atoms with E-state index in [2.05, 4.69) is 28.5 Å². The maximum atomic E-state index is 12.9. The zero-order chi connectivity index (χ0) is 20.0. The number of carbonyl (C=O) groups excluding carboxylic acids is 2. The molecule has 5 rings (SSSR count). The summed E-state index contributed by atoms with van der Waals surface area (Å²) < 4.78 is 5.32. The zero-order valence-electron chi connectivity index (χ0n) is 16.2. The van der Waals surface area contributed by atoms with E-state index in [4.69, 9.17) is 4.74 Å². The molecule has 0 radical (unpaired) electrons. The number of esters is 1. The Bertz CT molecular complexity index is 1080. The van der Waals surface area contributed by atoms with Crippen molar-refractivity contribution in [2.24, 2.45) is 0 Å². The van der Waals surface area contributed by atoms with Gasteiger partial charge >= 0.3 is 12.0 Å². The molecule has 2 amide bonds. The van der Waals surface area contributed by atoms with Crippen LogP contribution in [-0.4, -0.2) is 40.6 Å². The third kappa shape index (κ3) is 2.87. The maximum Gasteiger partial charge on any atom is 0.329 e. The van der Waals surface area contributed by atoms with Gasteiger partial charge in [-0.1, -0.05) is 48.5 Å². The Hall–Kier alpha value is -3.28. The molecule has 148 valence electrons. The van der Waals surface area contributed by atoms with Crippen LogP contribution in [0, 0.1) is 0 Å². The first-order valence-electron chi connectivity index (χ1n) is 10.1. The molecule has 6 nitrogen and oxygen atoms in total. The summed E-state index contributed by atoms with van der Waals surface area (Å²) in [6.07, 6.45) is 1.15. The molecule has 2 N–H and O–H groups in total. The SMILES string of the molecule is CCOC(=O)[C@@H]1Cc2c([nH]c3ccccc23)[C@H]2[C@H](Cc3ccccc3)NC(=O)N12. The van der Waals surface area contributed by atoms with Gasteiger partial charge in [0.2, 0.25) is 0 Å². The average molecular weight is 389 g/mol. The van der Waals surface area contributed by atoms with Gasteiger partial charge in [-0.3, -0.25) is 0 Å². The molecule has 2 aliphatic heterocycles. The Balaban J connectivity index is 1.61. The van der Waals surface area contributed by atoms with E-state index in [0.29, 0.717) is 19.4 Å². The van der Waals surface area contributed by atoms with Gasteiger partial charge in [-0.2, -0.15) is 0 Å². The summed E-state index contributed by atoms with van der Waals surface area (Å²) >= 11 is 0. The van der Waals surface area contributed by atoms with Crippen LogP contribution >= 0.6 is 0 Å². The van der Waals surface area contributed by atoms with Crippen LogP contribution in [0.1, 0.15) is 29.8 Å². The van der Waals surface area contributed by atoms with Gasteiger partial charge in [0.1, 0.15) is 6.04 Å². The minimum absolute atomic E-state index is 0.131. The Morgan fingerprint density at radius 3 is 2.69 bits per heavy atom. The first-order valence-corrected chi connectivity index (χ1v) is 10.1. The highest BCUT2D eigenvalue weighted by atomic mass is 16.5. The van der Waals surface area contributed by atoms with Crippen molar-refractivity contribution in [1.29, 1.82) is 0 Å². The summed E-state index contributed by atoms with van der Waals surface area (Å²) in [5.74, 6) is -0.344. The van der Waals surface area contributed by atoms with E-state index in [1.54, 1.807) is 11.8 Å². The Morgan fingerprint density at radius 2 is 1.90 bits per heavy atom. The monoisotopic (exact) mass is 389 g/mol. The molecule has 1 fully saturated rings. The van der Waals surface area contributed by atoms with Crippen molar-refractivity contribution in [3.05, 3.63) is 71.4 Å². The number of benzene rings is 2. The van der Waals surface area contributed by atoms with Crippen molar-refractivity contribution in [2.45, 2.75) is 37.9 Å². The van der Waals surface area contributed by atoms with Gasteiger partial charge < -0.3 is 19.9 Å². The number of hydrogen-bond acceptors (Lipinski definition) is 3. The molecule has 2 aromatic carbocycles. The number of carbonyl (C=O) groups is 2. The fourth-order valence-electron chi connectivity index (χ4n) is 4.76. The first kappa shape index (κ1) is 17.8. The molecule has 3 atom stereocenters. The number of nitrogens with zero attached hydrogens (tertiary/aromatic N) is 1. The Labute approximate surface area is 168 Å². The molecule has 3 aromatic rings. The maximum absolute atomic E-state index is 12.9. The number of amides is 2. The predicted octanol–water partition coefficient (Wildman–Crippen LogP) is 3.33. The van der Waals surface area contributed by atoms with Crippen molar-refractivity contribution in [3.63, 3.8) is 0 Å². The fraction of sp³-hybridized carbons (Fsp3) is 0.304. The molecule has 2 aliphatic rings. The molecule has 6 heteroatoms. The molecule has 29 heavy (non-hydrogen) atoms. The Morgan fingerprint density at radius 1 is 1.14 bits per heavy atom. The van der Waals surface area contributed by atoms with Gasteiger partial charge in [0.15, 0.2) is 0 Å². The van der Waals surface area contributed by atoms with Crippen LogP contribution < -0.4 is 5.32 Å². The van der Waals surface area contributed by atoms with Crippen LogP contribution in [0.5, 0.6) is 0 Å². The lowest BCUT2D eigenvalue weighted by Crippen LogP contribution is -2.49. The third-order valence-corrected chi connectivity index (χ3v) is 5.96. The fourth-order valence-corrected chi connectivity index (χ4v) is 4.76. The van der Waals surface area contributed by atoms with Gasteiger partial charge in [-0.15, -0.1) is 0 Å². The van der Waals surface area contributed by atoms with Gasteiger partial charge in [0.25, 0.3) is 0 Å². The molecule has 3 heterocycles. The molecule has 0 aliphatic carbocycles. The van der Waals surface area contributed by atoms with Gasteiger partial charge in [0.05, 0.1) is 18.7 Å². The smallest absolute Gasteiger partial charge is 0.329 e. The lowest BCUT2D eigenvalue weighted by molar-refractivity contribution is -0.149. The van der Waals surface area contributed by atoms with Crippen molar-refractivity contribution in [1.82, 2.24) is 15.2 Å². The average Bonchev–Trinajstić information content (AvgIpc) is 3.26. The predicted molar refractivity (Wildman–Crippen MR) is 109 cm³/mol. The standard InChI is InChI=1S/C23H23N3O3/c1-2-29-22(27)19-13-16-15-10-6-7-11-17(15)24-20(16)21-18(25-23(28)26(19)21)12-14-8-4-3-5-9-14/h3-11,18-19,21,24H,2,12-13H2,1H3,(H,25,28)/t18-,19-,21+/m0/s1. The first-order chi connectivity index (χ1) is 14.2. The number of H-pyrrole nitrogens is 1. The number of aromatic nitrogens is 1. The number of nitrogens with one attached hydrogen (secondary N) is 2. The molecule has 0 unspecified atom stereocenters. The number of urea groups is 1. The number of fused-ring (bicyclic) bond motifs is 5. The van der Waals surface area contributed by atoms with E-state index >= 15 is 0 Å². The molecule has 0 bridgehead atoms. The summed E-state index contributed by atoms with van der Waals surface area (Å²) in [7, 11) is 0. The summed E-state index contributed by atoms with van der Waals surface area (Å²) in [5, 5.41) is 4.22. The van der Waals surface area contributed by atoms with E-state index in [1.807, 2.05) is 36.4 Å². The number of rotatable bonds is 4. The normalized spacial score (nSPS) is 22.9. The second kappa shape index (κ2) is 6.95. The van der Waals surface area contributed by atoms with Crippen LogP contribution in [0.3, 0.4) is 0 Å². The second-order valence-electron chi connectivity index (χ2n) is 7.63. The third-order valence-electron chi connectivity index (χ3n) is 5.96. The van der Waals surface area contributed by atoms with Gasteiger partial charge in [-0.25, -0.2) is 9.59 Å². The van der Waals surface area contributed by atoms with Crippen molar-refractivity contribution >= 4 is 22.9 Å². The highest BCUT2D eigenvalue weighted by molar-refractivity contribution is 5.91. The highest BCUT2D eigenvalue weighted by Gasteiger charge is 2.51. The lowest BCUT2D eigenvalue weighted by Gasteiger charge is -2.36. The summed E-state index contributed by atoms with van der Waals surface area (Å²) in [4.78, 5) is 30.9. The number of hydrogen-bond donors (Lipinski definition) is 2. The van der Waals surface area contributed by atoms with Crippen molar-refractivity contribution in [2.75, 3.05) is 6.61 Å². The van der Waals surface area contributed by atoms with E-state index in [1.165, 1.54) is 0 Å². The van der Waals surface area contributed by atoms with Crippen molar-refractivity contribution < 1.29 is 14.3 Å². The Kier molecular flexibility index (Phi) is 4.27. The molecule has 0 spiro atoms. The van der Waals surface area contributed by atoms with Crippen molar-refractivity contribution in [3.8, 4) is 0 Å². The number of aromatic amines is 1. The second-order valence-corrected chi connectivity index (χ2v) is 7.63. The molecule has 0 saturated carbocycles. The van der Waals surface area contributed by atoms with E-state index < -0.39 is 6.04 Å². The lowest BCUT2D eigenvalue weighted by atomic mass is 9.88. The topological polar surface area (TPSA) is 74.4 Å². The van der Waals surface area contributed by atoms with Crippen LogP contribution in [0.25, 0.3) is 10.9 Å². The summed E-state index contributed by atoms with van der Waals surface area (Å²) in [6.45, 7) is 2.08. The van der Waals surface area contributed by atoms with Crippen LogP contribution in [0.15, 0.2) is 54.6 Å². The minimum Gasteiger partial charge on any atom is -0.464 e. The quantitative estimate of drug-likeness (QED) is 0.672. The molecule has 1 aromatic heterocycles. The summed E-state index contributed by atoms with van der Waals surface area (Å²) in [6, 6.07) is 17.0. The minimum atomic E-state index is -0.618. The molecular weight excluding hydrogens is 366 g/mol. The van der Waals surface area contributed by atoms with Gasteiger partial charge in [-0.05, 0) is 30.5 Å². The van der Waals surface area contributed by atoms with Crippen LogP contribution in [0.4, 0.5) is 4.79 Å².